The average molecular weight is 219 g/mol. The molecule has 1 aromatic heterocycles. The Labute approximate surface area is 94.0 Å². The molecule has 0 aliphatic rings. The van der Waals surface area contributed by atoms with Gasteiger partial charge in [-0.05, 0) is 18.6 Å². The van der Waals surface area contributed by atoms with E-state index < -0.39 is 0 Å². The van der Waals surface area contributed by atoms with Crippen LogP contribution in [0.15, 0.2) is 36.7 Å². The number of benzene rings is 1. The van der Waals surface area contributed by atoms with Crippen LogP contribution in [0.2, 0.25) is 5.02 Å². The normalized spacial score (nSPS) is 10.3. The highest BCUT2D eigenvalue weighted by Crippen LogP contribution is 2.17. The van der Waals surface area contributed by atoms with Gasteiger partial charge in [0, 0.05) is 23.8 Å². The summed E-state index contributed by atoms with van der Waals surface area (Å²) in [6.45, 7) is 1.92. The Morgan fingerprint density at radius 3 is 2.60 bits per heavy atom. The Balaban J connectivity index is 2.22. The third kappa shape index (κ3) is 2.54. The first-order valence-corrected chi connectivity index (χ1v) is 5.14. The molecule has 2 aromatic rings. The Morgan fingerprint density at radius 1 is 1.13 bits per heavy atom. The number of rotatable bonds is 2. The van der Waals surface area contributed by atoms with Gasteiger partial charge in [-0.25, -0.2) is 0 Å². The molecule has 1 heterocycles. The quantitative estimate of drug-likeness (QED) is 0.775. The van der Waals surface area contributed by atoms with E-state index in [1.807, 2.05) is 31.2 Å². The van der Waals surface area contributed by atoms with E-state index in [0.29, 0.717) is 0 Å². The van der Waals surface area contributed by atoms with Crippen molar-refractivity contribution in [3.8, 4) is 0 Å². The van der Waals surface area contributed by atoms with Gasteiger partial charge in [-0.3, -0.25) is 9.97 Å². The van der Waals surface area contributed by atoms with E-state index in [2.05, 4.69) is 9.97 Å². The van der Waals surface area contributed by atoms with Crippen LogP contribution in [0.3, 0.4) is 0 Å². The molecule has 0 spiro atoms. The molecule has 0 aliphatic heterocycles. The van der Waals surface area contributed by atoms with E-state index in [9.17, 15) is 0 Å². The van der Waals surface area contributed by atoms with Gasteiger partial charge in [0.1, 0.15) is 0 Å². The van der Waals surface area contributed by atoms with E-state index in [-0.39, 0.29) is 0 Å². The van der Waals surface area contributed by atoms with Crippen molar-refractivity contribution < 1.29 is 0 Å². The largest absolute Gasteiger partial charge is 0.258 e. The lowest BCUT2D eigenvalue weighted by Gasteiger charge is -2.03. The molecule has 2 nitrogen and oxygen atoms in total. The Hall–Kier alpha value is -1.41. The molecule has 0 amide bonds. The summed E-state index contributed by atoms with van der Waals surface area (Å²) in [4.78, 5) is 8.49. The van der Waals surface area contributed by atoms with Crippen molar-refractivity contribution in [3.05, 3.63) is 58.6 Å². The van der Waals surface area contributed by atoms with Gasteiger partial charge in [-0.2, -0.15) is 0 Å². The van der Waals surface area contributed by atoms with Gasteiger partial charge in [0.15, 0.2) is 0 Å². The summed E-state index contributed by atoms with van der Waals surface area (Å²) in [6.07, 6.45) is 4.29. The first-order chi connectivity index (χ1) is 7.25. The molecule has 15 heavy (non-hydrogen) atoms. The fraction of sp³-hybridized carbons (Fsp3) is 0.167. The Morgan fingerprint density at radius 2 is 1.93 bits per heavy atom. The first kappa shape index (κ1) is 10.1. The van der Waals surface area contributed by atoms with Crippen LogP contribution in [0.1, 0.15) is 17.0 Å². The second kappa shape index (κ2) is 4.41. The zero-order valence-corrected chi connectivity index (χ0v) is 9.20. The van der Waals surface area contributed by atoms with Gasteiger partial charge in [0.2, 0.25) is 0 Å². The molecular weight excluding hydrogens is 208 g/mol. The average Bonchev–Trinajstić information content (AvgIpc) is 2.25. The van der Waals surface area contributed by atoms with Crippen molar-refractivity contribution in [1.82, 2.24) is 9.97 Å². The number of halogens is 1. The molecule has 0 saturated carbocycles. The summed E-state index contributed by atoms with van der Waals surface area (Å²) in [7, 11) is 0. The molecule has 0 saturated heterocycles. The van der Waals surface area contributed by atoms with Crippen LogP contribution in [0.5, 0.6) is 0 Å². The number of aryl methyl sites for hydroxylation is 1. The van der Waals surface area contributed by atoms with Crippen LogP contribution >= 0.6 is 11.6 Å². The summed E-state index contributed by atoms with van der Waals surface area (Å²) in [6, 6.07) is 7.79. The van der Waals surface area contributed by atoms with Crippen LogP contribution < -0.4 is 0 Å². The number of hydrogen-bond acceptors (Lipinski definition) is 2. The van der Waals surface area contributed by atoms with Crippen molar-refractivity contribution >= 4 is 11.6 Å². The zero-order chi connectivity index (χ0) is 10.7. The number of aromatic nitrogens is 2. The molecule has 0 fully saturated rings. The van der Waals surface area contributed by atoms with Crippen molar-refractivity contribution in [2.45, 2.75) is 13.3 Å². The molecule has 0 unspecified atom stereocenters. The number of nitrogens with zero attached hydrogens (tertiary/aromatic N) is 2. The summed E-state index contributed by atoms with van der Waals surface area (Å²) >= 11 is 6.06. The molecule has 0 bridgehead atoms. The Bertz CT molecular complexity index is 451. The van der Waals surface area contributed by atoms with Crippen molar-refractivity contribution in [2.75, 3.05) is 0 Å². The third-order valence-corrected chi connectivity index (χ3v) is 2.53. The van der Waals surface area contributed by atoms with E-state index in [4.69, 9.17) is 11.6 Å². The predicted octanol–water partition coefficient (Wildman–Crippen LogP) is 3.03. The fourth-order valence-electron chi connectivity index (χ4n) is 1.35. The molecular formula is C12H11ClN2. The maximum absolute atomic E-state index is 6.06. The summed E-state index contributed by atoms with van der Waals surface area (Å²) < 4.78 is 0. The SMILES string of the molecule is Cc1cnc(Cc2ccccc2Cl)cn1. The van der Waals surface area contributed by atoms with Gasteiger partial charge < -0.3 is 0 Å². The predicted molar refractivity (Wildman–Crippen MR) is 61.0 cm³/mol. The van der Waals surface area contributed by atoms with Crippen LogP contribution in [0.25, 0.3) is 0 Å². The van der Waals surface area contributed by atoms with Crippen LogP contribution in [0, 0.1) is 6.92 Å². The van der Waals surface area contributed by atoms with E-state index in [0.717, 1.165) is 28.4 Å². The molecule has 2 rings (SSSR count). The highest BCUT2D eigenvalue weighted by atomic mass is 35.5. The van der Waals surface area contributed by atoms with Crippen LogP contribution in [-0.2, 0) is 6.42 Å². The molecule has 1 aromatic carbocycles. The molecule has 0 radical (unpaired) electrons. The third-order valence-electron chi connectivity index (χ3n) is 2.16. The van der Waals surface area contributed by atoms with Crippen LogP contribution in [-0.4, -0.2) is 9.97 Å². The molecule has 0 N–H and O–H groups in total. The van der Waals surface area contributed by atoms with E-state index >= 15 is 0 Å². The smallest absolute Gasteiger partial charge is 0.0631 e. The highest BCUT2D eigenvalue weighted by molar-refractivity contribution is 6.31. The second-order valence-electron chi connectivity index (χ2n) is 3.42. The maximum Gasteiger partial charge on any atom is 0.0631 e. The maximum atomic E-state index is 6.06. The minimum absolute atomic E-state index is 0.729. The summed E-state index contributed by atoms with van der Waals surface area (Å²) in [5.41, 5.74) is 2.95. The van der Waals surface area contributed by atoms with Crippen molar-refractivity contribution in [1.29, 1.82) is 0 Å². The lowest BCUT2D eigenvalue weighted by atomic mass is 10.1. The van der Waals surface area contributed by atoms with Gasteiger partial charge in [-0.15, -0.1) is 0 Å². The first-order valence-electron chi connectivity index (χ1n) is 4.76. The molecule has 0 aliphatic carbocycles. The van der Waals surface area contributed by atoms with Gasteiger partial charge in [0.25, 0.3) is 0 Å². The monoisotopic (exact) mass is 218 g/mol. The minimum Gasteiger partial charge on any atom is -0.258 e. The molecule has 76 valence electrons. The topological polar surface area (TPSA) is 25.8 Å². The highest BCUT2D eigenvalue weighted by Gasteiger charge is 2.01. The second-order valence-corrected chi connectivity index (χ2v) is 3.82. The van der Waals surface area contributed by atoms with E-state index in [1.54, 1.807) is 12.4 Å². The van der Waals surface area contributed by atoms with E-state index in [1.165, 1.54) is 0 Å². The molecule has 3 heteroatoms. The van der Waals surface area contributed by atoms with Crippen molar-refractivity contribution in [3.63, 3.8) is 0 Å². The van der Waals surface area contributed by atoms with Crippen molar-refractivity contribution in [2.24, 2.45) is 0 Å². The Kier molecular flexibility index (Phi) is 2.97. The van der Waals surface area contributed by atoms with Gasteiger partial charge in [0.05, 0.1) is 11.4 Å². The minimum atomic E-state index is 0.729. The van der Waals surface area contributed by atoms with Gasteiger partial charge >= 0.3 is 0 Å². The standard InChI is InChI=1S/C12H11ClN2/c1-9-7-15-11(8-14-9)6-10-4-2-3-5-12(10)13/h2-5,7-8H,6H2,1H3. The lowest BCUT2D eigenvalue weighted by molar-refractivity contribution is 1.00. The van der Waals surface area contributed by atoms with Crippen LogP contribution in [0.4, 0.5) is 0 Å². The number of hydrogen-bond donors (Lipinski definition) is 0. The molecule has 0 atom stereocenters. The zero-order valence-electron chi connectivity index (χ0n) is 8.44. The van der Waals surface area contributed by atoms with Gasteiger partial charge in [-0.1, -0.05) is 29.8 Å². The fourth-order valence-corrected chi connectivity index (χ4v) is 1.55. The lowest BCUT2D eigenvalue weighted by Crippen LogP contribution is -1.95. The summed E-state index contributed by atoms with van der Waals surface area (Å²) in [5, 5.41) is 0.778. The summed E-state index contributed by atoms with van der Waals surface area (Å²) in [5.74, 6) is 0.